The fraction of sp³-hybridized carbons (Fsp3) is 0.308. The van der Waals surface area contributed by atoms with Crippen LogP contribution in [-0.4, -0.2) is 43.8 Å². The first kappa shape index (κ1) is 29.5. The molecule has 1 amide bonds. The molecule has 0 spiro atoms. The lowest BCUT2D eigenvalue weighted by molar-refractivity contribution is -0.118. The van der Waals surface area contributed by atoms with Crippen molar-refractivity contribution in [2.75, 3.05) is 24.0 Å². The van der Waals surface area contributed by atoms with Gasteiger partial charge in [-0.2, -0.15) is 5.10 Å². The van der Waals surface area contributed by atoms with Crippen LogP contribution in [0.5, 0.6) is 5.75 Å². The summed E-state index contributed by atoms with van der Waals surface area (Å²) < 4.78 is 49.5. The summed E-state index contributed by atoms with van der Waals surface area (Å²) in [6.45, 7) is 8.52. The van der Waals surface area contributed by atoms with E-state index in [4.69, 9.17) is 27.9 Å². The number of amides is 1. The van der Waals surface area contributed by atoms with Crippen LogP contribution in [0.25, 0.3) is 11.6 Å². The van der Waals surface area contributed by atoms with E-state index in [0.29, 0.717) is 39.7 Å². The fourth-order valence-corrected chi connectivity index (χ4v) is 6.04. The number of nitrogens with zero attached hydrogens (tertiary/aromatic N) is 3. The molecule has 0 fully saturated rings. The minimum atomic E-state index is -3.97. The van der Waals surface area contributed by atoms with Crippen molar-refractivity contribution < 1.29 is 22.3 Å². The Morgan fingerprint density at radius 2 is 1.95 bits per heavy atom. The van der Waals surface area contributed by atoms with Crippen molar-refractivity contribution in [3.63, 3.8) is 0 Å². The first-order chi connectivity index (χ1) is 18.0. The van der Waals surface area contributed by atoms with Crippen molar-refractivity contribution in [3.05, 3.63) is 69.7 Å². The smallest absolute Gasteiger partial charge is 0.269 e. The lowest BCUT2D eigenvalue weighted by atomic mass is 10.0. The van der Waals surface area contributed by atoms with Crippen molar-refractivity contribution in [3.8, 4) is 5.75 Å². The standard InChI is InChI=1S/C22H20Cl2FN3O3S.C4H9NO/c1-3-27-13-20(22(24)26-27)32(29,30)28-9-10-31-19-8-7-15(12-18(19)28)11-14(2)21-16(23)5-4-6-17(21)25;1-3-5-4(2)6/h4-8,11-13H,3,9-10H2,1-2H3;3H2,1-2H3,(H,5,6)/b14-11+;. The van der Waals surface area contributed by atoms with Gasteiger partial charge in [-0.25, -0.2) is 12.8 Å². The normalized spacial score (nSPS) is 13.2. The third-order valence-electron chi connectivity index (χ3n) is 5.55. The fourth-order valence-electron chi connectivity index (χ4n) is 3.83. The molecule has 0 saturated carbocycles. The van der Waals surface area contributed by atoms with Crippen molar-refractivity contribution in [2.24, 2.45) is 0 Å². The second-order valence-corrected chi connectivity index (χ2v) is 10.9. The SMILES string of the molecule is CCNC(C)=O.CCn1cc(S(=O)(=O)N2CCOc3ccc(/C=C(\C)c4c(F)cccc4Cl)cc32)c(Cl)n1. The van der Waals surface area contributed by atoms with Crippen LogP contribution in [0.4, 0.5) is 10.1 Å². The Balaban J connectivity index is 0.000000599. The van der Waals surface area contributed by atoms with Crippen LogP contribution in [0.3, 0.4) is 0 Å². The summed E-state index contributed by atoms with van der Waals surface area (Å²) in [4.78, 5) is 9.87. The molecule has 2 heterocycles. The van der Waals surface area contributed by atoms with Gasteiger partial charge in [0.25, 0.3) is 10.0 Å². The van der Waals surface area contributed by atoms with E-state index in [1.165, 1.54) is 28.2 Å². The molecule has 4 rings (SSSR count). The van der Waals surface area contributed by atoms with Crippen LogP contribution in [0.1, 0.15) is 38.8 Å². The van der Waals surface area contributed by atoms with Gasteiger partial charge < -0.3 is 10.1 Å². The van der Waals surface area contributed by atoms with Crippen LogP contribution in [0.15, 0.2) is 47.5 Å². The number of nitrogens with one attached hydrogen (secondary N) is 1. The monoisotopic (exact) mass is 582 g/mol. The number of sulfonamides is 1. The van der Waals surface area contributed by atoms with E-state index in [9.17, 15) is 17.6 Å². The zero-order chi connectivity index (χ0) is 28.0. The number of fused-ring (bicyclic) bond motifs is 1. The number of carbonyl (C=O) groups excluding carboxylic acids is 1. The van der Waals surface area contributed by atoms with Crippen LogP contribution < -0.4 is 14.4 Å². The molecule has 1 aliphatic heterocycles. The van der Waals surface area contributed by atoms with Gasteiger partial charge in [0.1, 0.15) is 23.1 Å². The van der Waals surface area contributed by atoms with Gasteiger partial charge in [0, 0.05) is 31.8 Å². The number of halogens is 3. The molecule has 1 aromatic heterocycles. The van der Waals surface area contributed by atoms with E-state index < -0.39 is 15.8 Å². The van der Waals surface area contributed by atoms with Gasteiger partial charge in [0.2, 0.25) is 5.91 Å². The number of rotatable bonds is 6. The summed E-state index contributed by atoms with van der Waals surface area (Å²) in [6, 6.07) is 9.65. The van der Waals surface area contributed by atoms with Gasteiger partial charge in [0.05, 0.1) is 17.3 Å². The maximum atomic E-state index is 14.3. The molecule has 204 valence electrons. The lowest BCUT2D eigenvalue weighted by Gasteiger charge is -2.30. The topological polar surface area (TPSA) is 93.5 Å². The Morgan fingerprint density at radius 3 is 2.53 bits per heavy atom. The quantitative estimate of drug-likeness (QED) is 0.379. The van der Waals surface area contributed by atoms with Gasteiger partial charge >= 0.3 is 0 Å². The van der Waals surface area contributed by atoms with Gasteiger partial charge in [-0.15, -0.1) is 0 Å². The minimum absolute atomic E-state index is 0.0394. The predicted octanol–water partition coefficient (Wildman–Crippen LogP) is 5.64. The van der Waals surface area contributed by atoms with Crippen molar-refractivity contribution in [1.82, 2.24) is 15.1 Å². The molecule has 0 unspecified atom stereocenters. The Kier molecular flexibility index (Phi) is 9.81. The number of ether oxygens (including phenoxy) is 1. The molecule has 8 nitrogen and oxygen atoms in total. The number of aromatic nitrogens is 2. The summed E-state index contributed by atoms with van der Waals surface area (Å²) in [5, 5.41) is 6.83. The van der Waals surface area contributed by atoms with Gasteiger partial charge in [-0.3, -0.25) is 13.8 Å². The molecule has 0 aliphatic carbocycles. The Labute approximate surface area is 232 Å². The zero-order valence-electron chi connectivity index (χ0n) is 21.5. The third-order valence-corrected chi connectivity index (χ3v) is 8.07. The first-order valence-electron chi connectivity index (χ1n) is 11.9. The lowest BCUT2D eigenvalue weighted by Crippen LogP contribution is -2.38. The summed E-state index contributed by atoms with van der Waals surface area (Å²) in [7, 11) is -3.97. The number of hydrogen-bond donors (Lipinski definition) is 1. The average molecular weight is 584 g/mol. The molecule has 3 aromatic rings. The van der Waals surface area contributed by atoms with E-state index in [2.05, 4.69) is 10.4 Å². The molecule has 0 radical (unpaired) electrons. The highest BCUT2D eigenvalue weighted by Gasteiger charge is 2.33. The maximum absolute atomic E-state index is 14.3. The molecular formula is C26H29Cl2FN4O4S. The number of carbonyl (C=O) groups is 1. The van der Waals surface area contributed by atoms with Crippen molar-refractivity contribution in [1.29, 1.82) is 0 Å². The van der Waals surface area contributed by atoms with Gasteiger partial charge in [-0.1, -0.05) is 41.4 Å². The maximum Gasteiger partial charge on any atom is 0.269 e. The molecule has 0 saturated heterocycles. The van der Waals surface area contributed by atoms with Gasteiger partial charge in [0.15, 0.2) is 5.15 Å². The number of aryl methyl sites for hydroxylation is 1. The highest BCUT2D eigenvalue weighted by molar-refractivity contribution is 7.93. The van der Waals surface area contributed by atoms with E-state index >= 15 is 0 Å². The Bertz CT molecular complexity index is 1440. The van der Waals surface area contributed by atoms with Crippen molar-refractivity contribution in [2.45, 2.75) is 39.1 Å². The van der Waals surface area contributed by atoms with Crippen LogP contribution >= 0.6 is 23.2 Å². The highest BCUT2D eigenvalue weighted by Crippen LogP contribution is 2.38. The predicted molar refractivity (Wildman–Crippen MR) is 149 cm³/mol. The van der Waals surface area contributed by atoms with Crippen LogP contribution in [-0.2, 0) is 21.4 Å². The molecule has 0 bridgehead atoms. The van der Waals surface area contributed by atoms with Gasteiger partial charge in [-0.05, 0) is 56.2 Å². The zero-order valence-corrected chi connectivity index (χ0v) is 23.8. The summed E-state index contributed by atoms with van der Waals surface area (Å²) in [5.74, 6) is 0.0365. The molecule has 38 heavy (non-hydrogen) atoms. The molecule has 1 aliphatic rings. The molecule has 1 N–H and O–H groups in total. The third kappa shape index (κ3) is 6.67. The molecule has 2 aromatic carbocycles. The van der Waals surface area contributed by atoms with E-state index in [1.807, 2.05) is 13.8 Å². The van der Waals surface area contributed by atoms with Crippen LogP contribution in [0, 0.1) is 5.82 Å². The number of benzene rings is 2. The Hall–Kier alpha value is -3.08. The number of anilines is 1. The summed E-state index contributed by atoms with van der Waals surface area (Å²) in [6.07, 6.45) is 3.16. The first-order valence-corrected chi connectivity index (χ1v) is 14.1. The molecule has 0 atom stereocenters. The average Bonchev–Trinajstić information content (AvgIpc) is 3.25. The molecular weight excluding hydrogens is 554 g/mol. The van der Waals surface area contributed by atoms with Crippen LogP contribution in [0.2, 0.25) is 10.2 Å². The second kappa shape index (κ2) is 12.6. The highest BCUT2D eigenvalue weighted by atomic mass is 35.5. The summed E-state index contributed by atoms with van der Waals surface area (Å²) in [5.41, 5.74) is 1.94. The van der Waals surface area contributed by atoms with E-state index in [0.717, 1.165) is 6.54 Å². The van der Waals surface area contributed by atoms with E-state index in [-0.39, 0.29) is 29.1 Å². The largest absolute Gasteiger partial charge is 0.489 e. The minimum Gasteiger partial charge on any atom is -0.489 e. The number of hydrogen-bond acceptors (Lipinski definition) is 5. The van der Waals surface area contributed by atoms with E-state index in [1.54, 1.807) is 43.3 Å². The molecule has 12 heteroatoms. The summed E-state index contributed by atoms with van der Waals surface area (Å²) >= 11 is 12.3. The number of allylic oxidation sites excluding steroid dienone is 1. The Morgan fingerprint density at radius 1 is 1.21 bits per heavy atom. The second-order valence-electron chi connectivity index (χ2n) is 8.30. The van der Waals surface area contributed by atoms with Crippen molar-refractivity contribution >= 4 is 56.5 Å².